The summed E-state index contributed by atoms with van der Waals surface area (Å²) in [5.41, 5.74) is 0.712. The van der Waals surface area contributed by atoms with Gasteiger partial charge in [-0.15, -0.1) is 0 Å². The van der Waals surface area contributed by atoms with Gasteiger partial charge in [-0.05, 0) is 30.2 Å². The highest BCUT2D eigenvalue weighted by molar-refractivity contribution is 5.89. The molecule has 0 bridgehead atoms. The summed E-state index contributed by atoms with van der Waals surface area (Å²) in [5.74, 6) is 1.19. The Balaban J connectivity index is 1.67. The van der Waals surface area contributed by atoms with Gasteiger partial charge in [-0.3, -0.25) is 4.79 Å². The van der Waals surface area contributed by atoms with Crippen molar-refractivity contribution < 1.29 is 14.6 Å². The number of carbonyl (C=O) groups excluding carboxylic acids is 1. The van der Waals surface area contributed by atoms with E-state index in [-0.39, 0.29) is 12.5 Å². The van der Waals surface area contributed by atoms with Crippen LogP contribution in [0.4, 0.5) is 5.82 Å². The van der Waals surface area contributed by atoms with Crippen molar-refractivity contribution in [3.8, 4) is 5.75 Å². The van der Waals surface area contributed by atoms with Crippen molar-refractivity contribution in [1.29, 1.82) is 0 Å². The molecule has 0 aliphatic rings. The normalized spacial score (nSPS) is 10.1. The minimum atomic E-state index is -0.101. The first-order valence-corrected chi connectivity index (χ1v) is 6.81. The molecule has 0 unspecified atom stereocenters. The summed E-state index contributed by atoms with van der Waals surface area (Å²) in [5, 5.41) is 11.6. The predicted molar refractivity (Wildman–Crippen MR) is 80.0 cm³/mol. The highest BCUT2D eigenvalue weighted by atomic mass is 16.5. The van der Waals surface area contributed by atoms with E-state index in [2.05, 4.69) is 10.3 Å². The Morgan fingerprint density at radius 1 is 1.19 bits per heavy atom. The van der Waals surface area contributed by atoms with Gasteiger partial charge in [-0.1, -0.05) is 24.3 Å². The van der Waals surface area contributed by atoms with Crippen LogP contribution in [-0.2, 0) is 11.4 Å². The molecule has 0 saturated heterocycles. The first-order chi connectivity index (χ1) is 10.3. The topological polar surface area (TPSA) is 71.5 Å². The van der Waals surface area contributed by atoms with Crippen LogP contribution in [-0.4, -0.2) is 22.6 Å². The summed E-state index contributed by atoms with van der Waals surface area (Å²) in [6, 6.07) is 12.9. The van der Waals surface area contributed by atoms with Crippen molar-refractivity contribution >= 4 is 11.7 Å². The number of carbonyl (C=O) groups is 1. The number of anilines is 1. The average molecular weight is 286 g/mol. The van der Waals surface area contributed by atoms with E-state index in [9.17, 15) is 4.79 Å². The quantitative estimate of drug-likeness (QED) is 0.767. The summed E-state index contributed by atoms with van der Waals surface area (Å²) >= 11 is 0. The van der Waals surface area contributed by atoms with Gasteiger partial charge in [0.05, 0.1) is 13.2 Å². The fourth-order valence-electron chi connectivity index (χ4n) is 1.74. The number of rotatable bonds is 7. The predicted octanol–water partition coefficient (Wildman–Crippen LogP) is 2.37. The smallest absolute Gasteiger partial charge is 0.225 e. The molecule has 2 rings (SSSR count). The second-order valence-corrected chi connectivity index (χ2v) is 4.52. The van der Waals surface area contributed by atoms with E-state index < -0.39 is 0 Å². The molecule has 1 aromatic carbocycles. The number of hydrogen-bond donors (Lipinski definition) is 2. The zero-order valence-electron chi connectivity index (χ0n) is 11.7. The number of nitrogens with one attached hydrogen (secondary N) is 1. The molecule has 2 aromatic rings. The van der Waals surface area contributed by atoms with Gasteiger partial charge in [0, 0.05) is 12.6 Å². The molecule has 0 spiro atoms. The molecular weight excluding hydrogens is 268 g/mol. The summed E-state index contributed by atoms with van der Waals surface area (Å²) in [6.07, 6.45) is 2.54. The van der Waals surface area contributed by atoms with Crippen LogP contribution in [0.5, 0.6) is 5.75 Å². The van der Waals surface area contributed by atoms with E-state index in [1.54, 1.807) is 12.1 Å². The molecule has 2 N–H and O–H groups in total. The summed E-state index contributed by atoms with van der Waals surface area (Å²) in [7, 11) is 0. The average Bonchev–Trinajstić information content (AvgIpc) is 2.53. The molecule has 0 aliphatic heterocycles. The maximum Gasteiger partial charge on any atom is 0.225 e. The van der Waals surface area contributed by atoms with Crippen molar-refractivity contribution in [2.75, 3.05) is 11.9 Å². The van der Waals surface area contributed by atoms with Crippen molar-refractivity contribution in [1.82, 2.24) is 4.98 Å². The largest absolute Gasteiger partial charge is 0.494 e. The highest BCUT2D eigenvalue weighted by Crippen LogP contribution is 2.09. The van der Waals surface area contributed by atoms with Crippen molar-refractivity contribution in [3.05, 3.63) is 54.2 Å². The highest BCUT2D eigenvalue weighted by Gasteiger charge is 2.03. The molecule has 5 nitrogen and oxygen atoms in total. The molecule has 0 fully saturated rings. The number of nitrogens with zero attached hydrogens (tertiary/aromatic N) is 1. The fourth-order valence-corrected chi connectivity index (χ4v) is 1.74. The maximum absolute atomic E-state index is 11.7. The van der Waals surface area contributed by atoms with Gasteiger partial charge < -0.3 is 15.2 Å². The number of hydrogen-bond acceptors (Lipinski definition) is 4. The van der Waals surface area contributed by atoms with E-state index in [0.29, 0.717) is 30.8 Å². The number of para-hydroxylation sites is 1. The molecule has 1 heterocycles. The third kappa shape index (κ3) is 5.24. The van der Waals surface area contributed by atoms with Crippen molar-refractivity contribution in [3.63, 3.8) is 0 Å². The first kappa shape index (κ1) is 15.0. The van der Waals surface area contributed by atoms with Crippen LogP contribution < -0.4 is 10.1 Å². The Bertz CT molecular complexity index is 555. The molecule has 0 saturated carbocycles. The maximum atomic E-state index is 11.7. The van der Waals surface area contributed by atoms with Crippen LogP contribution in [0.15, 0.2) is 48.7 Å². The zero-order valence-corrected chi connectivity index (χ0v) is 11.7. The number of aliphatic hydroxyl groups excluding tert-OH is 1. The minimum Gasteiger partial charge on any atom is -0.494 e. The molecule has 1 aromatic heterocycles. The lowest BCUT2D eigenvalue weighted by atomic mass is 10.3. The van der Waals surface area contributed by atoms with Crippen LogP contribution in [0.25, 0.3) is 0 Å². The molecule has 5 heteroatoms. The van der Waals surface area contributed by atoms with Crippen molar-refractivity contribution in [2.45, 2.75) is 19.4 Å². The van der Waals surface area contributed by atoms with Crippen molar-refractivity contribution in [2.24, 2.45) is 0 Å². The van der Waals surface area contributed by atoms with Crippen LogP contribution in [0.2, 0.25) is 0 Å². The minimum absolute atomic E-state index is 0.0575. The van der Waals surface area contributed by atoms with Crippen LogP contribution >= 0.6 is 0 Å². The summed E-state index contributed by atoms with van der Waals surface area (Å²) in [6.45, 7) is 0.437. The molecular formula is C16H18N2O3. The van der Waals surface area contributed by atoms with Crippen LogP contribution in [0.3, 0.4) is 0 Å². The molecule has 1 amide bonds. The van der Waals surface area contributed by atoms with Gasteiger partial charge in [-0.25, -0.2) is 4.98 Å². The van der Waals surface area contributed by atoms with Gasteiger partial charge in [-0.2, -0.15) is 0 Å². The van der Waals surface area contributed by atoms with Gasteiger partial charge in [0.1, 0.15) is 11.6 Å². The monoisotopic (exact) mass is 286 g/mol. The van der Waals surface area contributed by atoms with Gasteiger partial charge in [0.15, 0.2) is 0 Å². The Labute approximate surface area is 123 Å². The van der Waals surface area contributed by atoms with E-state index in [4.69, 9.17) is 9.84 Å². The number of aromatic nitrogens is 1. The van der Waals surface area contributed by atoms with E-state index in [1.807, 2.05) is 30.3 Å². The zero-order chi connectivity index (χ0) is 14.9. The van der Waals surface area contributed by atoms with E-state index in [1.165, 1.54) is 6.20 Å². The fraction of sp³-hybridized carbons (Fsp3) is 0.250. The second kappa shape index (κ2) is 8.01. The Morgan fingerprint density at radius 3 is 2.67 bits per heavy atom. The van der Waals surface area contributed by atoms with E-state index >= 15 is 0 Å². The summed E-state index contributed by atoms with van der Waals surface area (Å²) < 4.78 is 5.51. The third-order valence-electron chi connectivity index (χ3n) is 2.83. The third-order valence-corrected chi connectivity index (χ3v) is 2.83. The molecule has 0 atom stereocenters. The van der Waals surface area contributed by atoms with Gasteiger partial charge in [0.2, 0.25) is 5.91 Å². The lowest BCUT2D eigenvalue weighted by Crippen LogP contribution is -2.13. The lowest BCUT2D eigenvalue weighted by molar-refractivity contribution is -0.116. The number of aliphatic hydroxyl groups is 1. The molecule has 0 radical (unpaired) electrons. The van der Waals surface area contributed by atoms with Crippen LogP contribution in [0, 0.1) is 0 Å². The van der Waals surface area contributed by atoms with E-state index in [0.717, 1.165) is 5.75 Å². The lowest BCUT2D eigenvalue weighted by Gasteiger charge is -2.07. The number of benzene rings is 1. The summed E-state index contributed by atoms with van der Waals surface area (Å²) in [4.78, 5) is 15.8. The number of pyridine rings is 1. The second-order valence-electron chi connectivity index (χ2n) is 4.52. The van der Waals surface area contributed by atoms with Crippen LogP contribution in [0.1, 0.15) is 18.4 Å². The van der Waals surface area contributed by atoms with Gasteiger partial charge >= 0.3 is 0 Å². The SMILES string of the molecule is O=C(CCCOc1ccccc1)Nc1ccc(CO)cn1. The molecule has 110 valence electrons. The van der Waals surface area contributed by atoms with Gasteiger partial charge in [0.25, 0.3) is 0 Å². The number of ether oxygens (including phenoxy) is 1. The first-order valence-electron chi connectivity index (χ1n) is 6.81. The number of amides is 1. The molecule has 21 heavy (non-hydrogen) atoms. The standard InChI is InChI=1S/C16H18N2O3/c19-12-13-8-9-15(17-11-13)18-16(20)7-4-10-21-14-5-2-1-3-6-14/h1-3,5-6,8-9,11,19H,4,7,10,12H2,(H,17,18,20). The molecule has 0 aliphatic carbocycles. The Kier molecular flexibility index (Phi) is 5.72. The Morgan fingerprint density at radius 2 is 2.00 bits per heavy atom. The Hall–Kier alpha value is -2.40.